The number of nitrogens with one attached hydrogen (secondary N) is 2. The van der Waals surface area contributed by atoms with E-state index < -0.39 is 0 Å². The van der Waals surface area contributed by atoms with Crippen LogP contribution in [-0.4, -0.2) is 27.5 Å². The van der Waals surface area contributed by atoms with E-state index in [1.807, 2.05) is 60.3 Å². The summed E-state index contributed by atoms with van der Waals surface area (Å²) >= 11 is 7.03. The molecule has 0 saturated heterocycles. The average Bonchev–Trinajstić information content (AvgIpc) is 3.39. The normalized spacial score (nSPS) is 10.7. The number of carbonyl (C=O) groups is 1. The summed E-state index contributed by atoms with van der Waals surface area (Å²) in [4.78, 5) is 13.9. The topological polar surface area (TPSA) is 68.2 Å². The number of aryl methyl sites for hydroxylation is 2. The Labute approximate surface area is 208 Å². The van der Waals surface area contributed by atoms with Gasteiger partial charge in [-0.1, -0.05) is 54.6 Å². The smallest absolute Gasteiger partial charge is 0.341 e. The van der Waals surface area contributed by atoms with Gasteiger partial charge >= 0.3 is 5.97 Å². The van der Waals surface area contributed by atoms with Gasteiger partial charge in [0.1, 0.15) is 10.6 Å². The molecule has 0 unspecified atom stereocenters. The van der Waals surface area contributed by atoms with Crippen molar-refractivity contribution >= 4 is 45.3 Å². The van der Waals surface area contributed by atoms with E-state index in [-0.39, 0.29) is 5.97 Å². The molecule has 34 heavy (non-hydrogen) atoms. The van der Waals surface area contributed by atoms with Crippen molar-refractivity contribution in [2.24, 2.45) is 0 Å². The van der Waals surface area contributed by atoms with Crippen LogP contribution in [0.1, 0.15) is 33.3 Å². The summed E-state index contributed by atoms with van der Waals surface area (Å²) in [6.07, 6.45) is 3.63. The highest BCUT2D eigenvalue weighted by atomic mass is 32.1. The van der Waals surface area contributed by atoms with Gasteiger partial charge in [0.05, 0.1) is 25.0 Å². The third-order valence-corrected chi connectivity index (χ3v) is 6.56. The van der Waals surface area contributed by atoms with E-state index in [9.17, 15) is 4.79 Å². The van der Waals surface area contributed by atoms with Crippen LogP contribution in [0.2, 0.25) is 0 Å². The highest BCUT2D eigenvalue weighted by molar-refractivity contribution is 7.80. The van der Waals surface area contributed by atoms with Gasteiger partial charge in [-0.25, -0.2) is 4.79 Å². The van der Waals surface area contributed by atoms with Crippen LogP contribution in [0.25, 0.3) is 11.1 Å². The Bertz CT molecular complexity index is 1310. The molecular formula is C26H26N4O2S2. The van der Waals surface area contributed by atoms with Crippen molar-refractivity contribution in [1.82, 2.24) is 9.78 Å². The lowest BCUT2D eigenvalue weighted by Gasteiger charge is -2.11. The first-order valence-electron chi connectivity index (χ1n) is 11.0. The number of benzene rings is 2. The van der Waals surface area contributed by atoms with Gasteiger partial charge in [0.25, 0.3) is 0 Å². The zero-order chi connectivity index (χ0) is 24.1. The van der Waals surface area contributed by atoms with Gasteiger partial charge in [-0.05, 0) is 49.7 Å². The van der Waals surface area contributed by atoms with E-state index in [1.54, 1.807) is 13.1 Å². The molecule has 0 aliphatic heterocycles. The second kappa shape index (κ2) is 10.6. The molecule has 2 aromatic heterocycles. The molecule has 4 aromatic rings. The van der Waals surface area contributed by atoms with Gasteiger partial charge in [-0.15, -0.1) is 11.3 Å². The summed E-state index contributed by atoms with van der Waals surface area (Å²) < 4.78 is 7.23. The van der Waals surface area contributed by atoms with Crippen molar-refractivity contribution in [1.29, 1.82) is 0 Å². The Hall–Kier alpha value is -3.49. The summed E-state index contributed by atoms with van der Waals surface area (Å²) in [6.45, 7) is 6.85. The number of ether oxygens (including phenoxy) is 1. The monoisotopic (exact) mass is 490 g/mol. The summed E-state index contributed by atoms with van der Waals surface area (Å²) in [5.74, 6) is -0.373. The lowest BCUT2D eigenvalue weighted by molar-refractivity contribution is 0.0529. The Morgan fingerprint density at radius 3 is 2.56 bits per heavy atom. The molecule has 6 nitrogen and oxygen atoms in total. The summed E-state index contributed by atoms with van der Waals surface area (Å²) in [5.41, 5.74) is 5.51. The number of esters is 1. The number of thiophene rings is 1. The van der Waals surface area contributed by atoms with E-state index in [1.165, 1.54) is 22.5 Å². The predicted octanol–water partition coefficient (Wildman–Crippen LogP) is 6.26. The van der Waals surface area contributed by atoms with Gasteiger partial charge in [-0.3, -0.25) is 4.68 Å². The zero-order valence-corrected chi connectivity index (χ0v) is 20.9. The molecular weight excluding hydrogens is 464 g/mol. The van der Waals surface area contributed by atoms with Crippen LogP contribution >= 0.6 is 23.6 Å². The molecule has 4 rings (SSSR count). The number of hydrogen-bond acceptors (Lipinski definition) is 5. The average molecular weight is 491 g/mol. The molecule has 8 heteroatoms. The van der Waals surface area contributed by atoms with E-state index in [0.717, 1.165) is 21.7 Å². The Balaban J connectivity index is 1.53. The fourth-order valence-corrected chi connectivity index (χ4v) is 5.08. The van der Waals surface area contributed by atoms with Crippen LogP contribution in [0.4, 0.5) is 10.7 Å². The summed E-state index contributed by atoms with van der Waals surface area (Å²) in [5, 5.41) is 11.8. The first kappa shape index (κ1) is 23.7. The predicted molar refractivity (Wildman–Crippen MR) is 143 cm³/mol. The minimum absolute atomic E-state index is 0.296. The molecule has 0 atom stereocenters. The second-order valence-electron chi connectivity index (χ2n) is 7.76. The molecule has 174 valence electrons. The second-order valence-corrected chi connectivity index (χ2v) is 9.39. The molecule has 0 amide bonds. The molecule has 0 saturated carbocycles. The largest absolute Gasteiger partial charge is 0.462 e. The lowest BCUT2D eigenvalue weighted by Crippen LogP contribution is -2.20. The zero-order valence-electron chi connectivity index (χ0n) is 19.3. The fourth-order valence-electron chi connectivity index (χ4n) is 3.73. The van der Waals surface area contributed by atoms with Crippen LogP contribution in [0.3, 0.4) is 0 Å². The van der Waals surface area contributed by atoms with E-state index in [0.29, 0.717) is 28.8 Å². The van der Waals surface area contributed by atoms with Crippen molar-refractivity contribution in [3.63, 3.8) is 0 Å². The molecule has 0 aliphatic rings. The van der Waals surface area contributed by atoms with Crippen LogP contribution in [0.5, 0.6) is 0 Å². The highest BCUT2D eigenvalue weighted by Crippen LogP contribution is 2.40. The molecule has 0 aliphatic carbocycles. The molecule has 0 fully saturated rings. The van der Waals surface area contributed by atoms with Gasteiger partial charge in [0.15, 0.2) is 5.11 Å². The number of carbonyl (C=O) groups excluding carboxylic acids is 1. The number of nitrogens with zero attached hydrogens (tertiary/aromatic N) is 2. The standard InChI is InChI=1S/C26H26N4O2S2/c1-4-32-25(31)23-22(19-11-6-5-7-12-19)18(3)34-24(23)29-26(33)28-21-14-27-30(16-21)15-20-13-9-8-10-17(20)2/h5-14,16H,4,15H2,1-3H3,(H2,28,29,33). The maximum Gasteiger partial charge on any atom is 0.341 e. The number of hydrogen-bond donors (Lipinski definition) is 2. The summed E-state index contributed by atoms with van der Waals surface area (Å²) in [6, 6.07) is 18.1. The van der Waals surface area contributed by atoms with Crippen molar-refractivity contribution in [3.8, 4) is 11.1 Å². The first-order chi connectivity index (χ1) is 16.5. The summed E-state index contributed by atoms with van der Waals surface area (Å²) in [7, 11) is 0. The Morgan fingerprint density at radius 2 is 1.82 bits per heavy atom. The third kappa shape index (κ3) is 5.35. The van der Waals surface area contributed by atoms with E-state index in [4.69, 9.17) is 17.0 Å². The van der Waals surface area contributed by atoms with Gasteiger partial charge in [0.2, 0.25) is 0 Å². The van der Waals surface area contributed by atoms with Crippen molar-refractivity contribution in [2.45, 2.75) is 27.3 Å². The number of thiocarbonyl (C=S) groups is 1. The minimum atomic E-state index is -0.373. The molecule has 0 radical (unpaired) electrons. The number of rotatable bonds is 7. The maximum absolute atomic E-state index is 12.9. The number of anilines is 2. The van der Waals surface area contributed by atoms with E-state index in [2.05, 4.69) is 34.8 Å². The minimum Gasteiger partial charge on any atom is -0.462 e. The van der Waals surface area contributed by atoms with Gasteiger partial charge < -0.3 is 15.4 Å². The van der Waals surface area contributed by atoms with Gasteiger partial charge in [-0.2, -0.15) is 5.10 Å². The van der Waals surface area contributed by atoms with Crippen molar-refractivity contribution in [2.75, 3.05) is 17.2 Å². The molecule has 2 aromatic carbocycles. The maximum atomic E-state index is 12.9. The molecule has 2 N–H and O–H groups in total. The lowest BCUT2D eigenvalue weighted by atomic mass is 10.0. The molecule has 2 heterocycles. The number of aromatic nitrogens is 2. The highest BCUT2D eigenvalue weighted by Gasteiger charge is 2.25. The third-order valence-electron chi connectivity index (χ3n) is 5.34. The van der Waals surface area contributed by atoms with Crippen LogP contribution in [-0.2, 0) is 11.3 Å². The van der Waals surface area contributed by atoms with E-state index >= 15 is 0 Å². The van der Waals surface area contributed by atoms with Gasteiger partial charge in [0, 0.05) is 16.6 Å². The van der Waals surface area contributed by atoms with Crippen LogP contribution in [0.15, 0.2) is 67.0 Å². The Kier molecular flexibility index (Phi) is 7.40. The SMILES string of the molecule is CCOC(=O)c1c(NC(=S)Nc2cnn(Cc3ccccc3C)c2)sc(C)c1-c1ccccc1. The molecule has 0 spiro atoms. The fraction of sp³-hybridized carbons (Fsp3) is 0.192. The first-order valence-corrected chi connectivity index (χ1v) is 12.2. The quantitative estimate of drug-likeness (QED) is 0.235. The van der Waals surface area contributed by atoms with Crippen LogP contribution < -0.4 is 10.6 Å². The van der Waals surface area contributed by atoms with Crippen molar-refractivity contribution in [3.05, 3.63) is 88.6 Å². The molecule has 0 bridgehead atoms. The van der Waals surface area contributed by atoms with Crippen molar-refractivity contribution < 1.29 is 9.53 Å². The Morgan fingerprint density at radius 1 is 1.09 bits per heavy atom. The van der Waals surface area contributed by atoms with Crippen LogP contribution in [0, 0.1) is 13.8 Å².